The summed E-state index contributed by atoms with van der Waals surface area (Å²) in [4.78, 5) is 38.0. The average molecular weight is 320 g/mol. The zero-order valence-corrected chi connectivity index (χ0v) is 13.4. The third-order valence-corrected chi connectivity index (χ3v) is 5.39. The summed E-state index contributed by atoms with van der Waals surface area (Å²) in [6, 6.07) is 2.07. The fraction of sp³-hybridized carbons (Fsp3) is 0.562. The van der Waals surface area contributed by atoms with Crippen LogP contribution in [0.15, 0.2) is 16.8 Å². The summed E-state index contributed by atoms with van der Waals surface area (Å²) in [5, 5.41) is 6.72. The van der Waals surface area contributed by atoms with Crippen molar-refractivity contribution in [3.05, 3.63) is 22.4 Å². The van der Waals surface area contributed by atoms with Gasteiger partial charge in [0.05, 0.1) is 5.41 Å². The monoisotopic (exact) mass is 320 g/mol. The molecule has 1 aliphatic carbocycles. The Hall–Kier alpha value is -1.69. The third kappa shape index (κ3) is 2.67. The van der Waals surface area contributed by atoms with Gasteiger partial charge in [-0.25, -0.2) is 0 Å². The van der Waals surface area contributed by atoms with Gasteiger partial charge in [0.1, 0.15) is 6.54 Å². The van der Waals surface area contributed by atoms with E-state index < -0.39 is 5.41 Å². The lowest BCUT2D eigenvalue weighted by molar-refractivity contribution is -0.143. The van der Waals surface area contributed by atoms with Crippen LogP contribution in [0.25, 0.3) is 0 Å². The molecule has 5 nitrogen and oxygen atoms in total. The van der Waals surface area contributed by atoms with Crippen LogP contribution < -0.4 is 5.32 Å². The molecule has 6 heteroatoms. The van der Waals surface area contributed by atoms with Crippen molar-refractivity contribution in [2.24, 2.45) is 0 Å². The minimum atomic E-state index is -0.829. The molecule has 1 saturated carbocycles. The topological polar surface area (TPSA) is 66.5 Å². The zero-order chi connectivity index (χ0) is 15.7. The van der Waals surface area contributed by atoms with Gasteiger partial charge in [-0.05, 0) is 42.2 Å². The molecule has 1 unspecified atom stereocenters. The predicted molar refractivity (Wildman–Crippen MR) is 83.4 cm³/mol. The lowest BCUT2D eigenvalue weighted by atomic mass is 9.83. The van der Waals surface area contributed by atoms with Gasteiger partial charge in [0.15, 0.2) is 0 Å². The quantitative estimate of drug-likeness (QED) is 0.861. The molecule has 3 amide bonds. The second-order valence-corrected chi connectivity index (χ2v) is 7.13. The van der Waals surface area contributed by atoms with Gasteiger partial charge in [0.2, 0.25) is 17.7 Å². The molecule has 2 heterocycles. The van der Waals surface area contributed by atoms with Crippen LogP contribution in [-0.2, 0) is 19.8 Å². The Morgan fingerprint density at radius 1 is 1.41 bits per heavy atom. The SMILES string of the molecule is CC1(c2ccsc2)CC(=O)N(CC(=O)NC2CCCC2)C1=O. The molecule has 22 heavy (non-hydrogen) atoms. The minimum absolute atomic E-state index is 0.138. The van der Waals surface area contributed by atoms with Crippen molar-refractivity contribution in [1.29, 1.82) is 0 Å². The number of hydrogen-bond acceptors (Lipinski definition) is 4. The Bertz CT molecular complexity index is 593. The van der Waals surface area contributed by atoms with Crippen molar-refractivity contribution >= 4 is 29.1 Å². The van der Waals surface area contributed by atoms with E-state index in [1.165, 1.54) is 11.3 Å². The van der Waals surface area contributed by atoms with Gasteiger partial charge in [-0.2, -0.15) is 11.3 Å². The number of rotatable bonds is 4. The first kappa shape index (κ1) is 15.2. The normalized spacial score (nSPS) is 26.0. The number of carbonyl (C=O) groups excluding carboxylic acids is 3. The van der Waals surface area contributed by atoms with Crippen LogP contribution in [0, 0.1) is 0 Å². The molecule has 118 valence electrons. The number of nitrogens with zero attached hydrogens (tertiary/aromatic N) is 1. The molecular weight excluding hydrogens is 300 g/mol. The lowest BCUT2D eigenvalue weighted by Crippen LogP contribution is -2.45. The smallest absolute Gasteiger partial charge is 0.240 e. The second kappa shape index (κ2) is 5.83. The number of carbonyl (C=O) groups is 3. The van der Waals surface area contributed by atoms with Crippen LogP contribution in [0.2, 0.25) is 0 Å². The fourth-order valence-electron chi connectivity index (χ4n) is 3.34. The molecule has 1 aromatic heterocycles. The third-order valence-electron chi connectivity index (χ3n) is 4.70. The number of thiophene rings is 1. The molecule has 1 atom stereocenters. The Kier molecular flexibility index (Phi) is 4.04. The zero-order valence-electron chi connectivity index (χ0n) is 12.6. The first-order valence-electron chi connectivity index (χ1n) is 7.67. The molecule has 0 aromatic carbocycles. The van der Waals surface area contributed by atoms with E-state index in [2.05, 4.69) is 5.32 Å². The van der Waals surface area contributed by atoms with E-state index in [0.29, 0.717) is 0 Å². The van der Waals surface area contributed by atoms with Crippen molar-refractivity contribution in [2.45, 2.75) is 50.5 Å². The van der Waals surface area contributed by atoms with Crippen molar-refractivity contribution in [1.82, 2.24) is 10.2 Å². The molecule has 1 N–H and O–H groups in total. The Morgan fingerprint density at radius 2 is 2.14 bits per heavy atom. The van der Waals surface area contributed by atoms with Crippen molar-refractivity contribution in [2.75, 3.05) is 6.54 Å². The van der Waals surface area contributed by atoms with E-state index in [0.717, 1.165) is 36.1 Å². The maximum atomic E-state index is 12.6. The summed E-state index contributed by atoms with van der Waals surface area (Å²) in [6.45, 7) is 1.62. The number of likely N-dealkylation sites (tertiary alicyclic amines) is 1. The van der Waals surface area contributed by atoms with Crippen LogP contribution in [0.5, 0.6) is 0 Å². The summed E-state index contributed by atoms with van der Waals surface area (Å²) in [6.07, 6.45) is 4.37. The van der Waals surface area contributed by atoms with Crippen LogP contribution in [0.4, 0.5) is 0 Å². The van der Waals surface area contributed by atoms with Crippen LogP contribution >= 0.6 is 11.3 Å². The highest BCUT2D eigenvalue weighted by atomic mass is 32.1. The predicted octanol–water partition coefficient (Wildman–Crippen LogP) is 1.82. The Morgan fingerprint density at radius 3 is 2.77 bits per heavy atom. The molecule has 2 aliphatic rings. The first-order chi connectivity index (χ1) is 10.5. The molecule has 0 bridgehead atoms. The minimum Gasteiger partial charge on any atom is -0.352 e. The summed E-state index contributed by atoms with van der Waals surface area (Å²) < 4.78 is 0. The highest BCUT2D eigenvalue weighted by Crippen LogP contribution is 2.37. The Balaban J connectivity index is 1.68. The molecular formula is C16H20N2O3S. The van der Waals surface area contributed by atoms with Crippen molar-refractivity contribution < 1.29 is 14.4 Å². The molecule has 3 rings (SSSR count). The summed E-state index contributed by atoms with van der Waals surface area (Å²) in [7, 11) is 0. The van der Waals surface area contributed by atoms with Crippen molar-refractivity contribution in [3.8, 4) is 0 Å². The van der Waals surface area contributed by atoms with Crippen LogP contribution in [0.1, 0.15) is 44.6 Å². The number of imide groups is 1. The lowest BCUT2D eigenvalue weighted by Gasteiger charge is -2.21. The average Bonchev–Trinajstić information content (AvgIpc) is 3.19. The highest BCUT2D eigenvalue weighted by Gasteiger charge is 2.49. The van der Waals surface area contributed by atoms with Gasteiger partial charge < -0.3 is 5.32 Å². The number of amides is 3. The van der Waals surface area contributed by atoms with Gasteiger partial charge in [-0.15, -0.1) is 0 Å². The van der Waals surface area contributed by atoms with E-state index >= 15 is 0 Å². The molecule has 0 radical (unpaired) electrons. The summed E-state index contributed by atoms with van der Waals surface area (Å²) in [5.41, 5.74) is 0.0274. The first-order valence-corrected chi connectivity index (χ1v) is 8.62. The molecule has 2 fully saturated rings. The van der Waals surface area contributed by atoms with Gasteiger partial charge >= 0.3 is 0 Å². The van der Waals surface area contributed by atoms with Crippen LogP contribution in [0.3, 0.4) is 0 Å². The van der Waals surface area contributed by atoms with Crippen LogP contribution in [-0.4, -0.2) is 35.2 Å². The molecule has 1 saturated heterocycles. The standard InChI is InChI=1S/C16H20N2O3S/c1-16(11-6-7-22-10-11)8-14(20)18(15(16)21)9-13(19)17-12-4-2-3-5-12/h6-7,10,12H,2-5,8-9H2,1H3,(H,17,19). The van der Waals surface area contributed by atoms with E-state index in [9.17, 15) is 14.4 Å². The van der Waals surface area contributed by atoms with E-state index in [1.807, 2.05) is 16.8 Å². The second-order valence-electron chi connectivity index (χ2n) is 6.35. The molecule has 1 aromatic rings. The largest absolute Gasteiger partial charge is 0.352 e. The van der Waals surface area contributed by atoms with Crippen molar-refractivity contribution in [3.63, 3.8) is 0 Å². The van der Waals surface area contributed by atoms with E-state index in [1.54, 1.807) is 6.92 Å². The van der Waals surface area contributed by atoms with Gasteiger partial charge in [0, 0.05) is 12.5 Å². The molecule has 0 spiro atoms. The number of hydrogen-bond donors (Lipinski definition) is 1. The molecule has 1 aliphatic heterocycles. The maximum Gasteiger partial charge on any atom is 0.240 e. The summed E-state index contributed by atoms with van der Waals surface area (Å²) in [5.74, 6) is -0.763. The highest BCUT2D eigenvalue weighted by molar-refractivity contribution is 7.08. The Labute approximate surface area is 133 Å². The maximum absolute atomic E-state index is 12.6. The summed E-state index contributed by atoms with van der Waals surface area (Å²) >= 11 is 1.50. The number of nitrogens with one attached hydrogen (secondary N) is 1. The van der Waals surface area contributed by atoms with Gasteiger partial charge in [-0.1, -0.05) is 12.8 Å². The van der Waals surface area contributed by atoms with E-state index in [-0.39, 0.29) is 36.7 Å². The fourth-order valence-corrected chi connectivity index (χ4v) is 4.12. The van der Waals surface area contributed by atoms with Gasteiger partial charge in [0.25, 0.3) is 0 Å². The van der Waals surface area contributed by atoms with Gasteiger partial charge in [-0.3, -0.25) is 19.3 Å². The van der Waals surface area contributed by atoms with E-state index in [4.69, 9.17) is 0 Å².